The number of aromatic nitrogens is 2. The predicted octanol–water partition coefficient (Wildman–Crippen LogP) is 7.73. The van der Waals surface area contributed by atoms with E-state index in [1.165, 1.54) is 24.1 Å². The summed E-state index contributed by atoms with van der Waals surface area (Å²) in [4.78, 5) is 8.52. The Morgan fingerprint density at radius 3 is 1.61 bits per heavy atom. The molecule has 2 atom stereocenters. The zero-order valence-corrected chi connectivity index (χ0v) is 19.4. The van der Waals surface area contributed by atoms with Crippen molar-refractivity contribution in [2.24, 2.45) is 23.7 Å². The van der Waals surface area contributed by atoms with Crippen LogP contribution in [0.15, 0.2) is 48.9 Å². The monoisotopic (exact) mass is 382 g/mol. The van der Waals surface area contributed by atoms with Gasteiger partial charge in [-0.2, -0.15) is 0 Å². The molecule has 0 saturated heterocycles. The fourth-order valence-corrected chi connectivity index (χ4v) is 3.75. The molecular formula is C26H42N2. The molecule has 0 aromatic carbocycles. The summed E-state index contributed by atoms with van der Waals surface area (Å²) in [6.45, 7) is 18.3. The molecular weight excluding hydrogens is 340 g/mol. The van der Waals surface area contributed by atoms with Gasteiger partial charge < -0.3 is 0 Å². The van der Waals surface area contributed by atoms with Gasteiger partial charge in [-0.15, -0.1) is 0 Å². The summed E-state index contributed by atoms with van der Waals surface area (Å²) in [6.07, 6.45) is 8.18. The number of rotatable bonds is 8. The van der Waals surface area contributed by atoms with Gasteiger partial charge in [0.1, 0.15) is 0 Å². The summed E-state index contributed by atoms with van der Waals surface area (Å²) in [6, 6.07) is 10.5. The van der Waals surface area contributed by atoms with E-state index in [4.69, 9.17) is 0 Å². The van der Waals surface area contributed by atoms with E-state index in [1.807, 2.05) is 24.7 Å². The van der Waals surface area contributed by atoms with Gasteiger partial charge in [-0.25, -0.2) is 0 Å². The molecule has 0 aliphatic heterocycles. The molecule has 0 aliphatic carbocycles. The Balaban J connectivity index is 0.000000280. The first-order valence-corrected chi connectivity index (χ1v) is 11.0. The highest BCUT2D eigenvalue weighted by Crippen LogP contribution is 2.30. The maximum Gasteiger partial charge on any atom is 0.0437 e. The van der Waals surface area contributed by atoms with Crippen molar-refractivity contribution in [3.63, 3.8) is 0 Å². The molecule has 0 N–H and O–H groups in total. The minimum absolute atomic E-state index is 0.608. The second-order valence-corrected chi connectivity index (χ2v) is 9.50. The van der Waals surface area contributed by atoms with E-state index in [0.29, 0.717) is 23.7 Å². The zero-order valence-electron chi connectivity index (χ0n) is 19.4. The fourth-order valence-electron chi connectivity index (χ4n) is 3.75. The molecule has 2 unspecified atom stereocenters. The van der Waals surface area contributed by atoms with Crippen LogP contribution >= 0.6 is 0 Å². The van der Waals surface area contributed by atoms with Crippen LogP contribution in [-0.4, -0.2) is 9.97 Å². The standard InChI is InChI=1S/2C13H21N/c1-10(2)9-13(11(3)4)12-5-7-14-8-6-12;1-10(2)9-12(11(3)4)13-7-5-6-8-14-13/h5-8,10-11,13H,9H2,1-4H3;5-8,10-12H,9H2,1-4H3. The molecule has 2 heterocycles. The topological polar surface area (TPSA) is 25.8 Å². The molecule has 0 fully saturated rings. The van der Waals surface area contributed by atoms with Gasteiger partial charge in [-0.1, -0.05) is 61.5 Å². The van der Waals surface area contributed by atoms with Crippen molar-refractivity contribution < 1.29 is 0 Å². The lowest BCUT2D eigenvalue weighted by molar-refractivity contribution is 0.401. The zero-order chi connectivity index (χ0) is 21.1. The molecule has 0 spiro atoms. The van der Waals surface area contributed by atoms with Gasteiger partial charge in [0.25, 0.3) is 0 Å². The van der Waals surface area contributed by atoms with Crippen LogP contribution < -0.4 is 0 Å². The maximum absolute atomic E-state index is 4.45. The average Bonchev–Trinajstić information content (AvgIpc) is 2.65. The van der Waals surface area contributed by atoms with E-state index in [2.05, 4.69) is 89.6 Å². The number of hydrogen-bond acceptors (Lipinski definition) is 2. The third-order valence-electron chi connectivity index (χ3n) is 5.26. The Labute approximate surface area is 174 Å². The first-order chi connectivity index (χ1) is 13.2. The minimum Gasteiger partial charge on any atom is -0.265 e. The Bertz CT molecular complexity index is 560. The summed E-state index contributed by atoms with van der Waals surface area (Å²) < 4.78 is 0. The van der Waals surface area contributed by atoms with Gasteiger partial charge in [-0.05, 0) is 72.3 Å². The Morgan fingerprint density at radius 1 is 0.643 bits per heavy atom. The van der Waals surface area contributed by atoms with Gasteiger partial charge in [0.15, 0.2) is 0 Å². The highest BCUT2D eigenvalue weighted by molar-refractivity contribution is 5.16. The number of pyridine rings is 2. The Kier molecular flexibility index (Phi) is 11.0. The molecule has 0 amide bonds. The quantitative estimate of drug-likeness (QED) is 0.466. The summed E-state index contributed by atoms with van der Waals surface area (Å²) in [5.74, 6) is 4.17. The summed E-state index contributed by atoms with van der Waals surface area (Å²) in [5, 5.41) is 0. The van der Waals surface area contributed by atoms with Gasteiger partial charge in [0.05, 0.1) is 0 Å². The van der Waals surface area contributed by atoms with Crippen molar-refractivity contribution in [2.45, 2.75) is 80.1 Å². The molecule has 28 heavy (non-hydrogen) atoms. The van der Waals surface area contributed by atoms with Crippen LogP contribution in [0.2, 0.25) is 0 Å². The van der Waals surface area contributed by atoms with Crippen molar-refractivity contribution in [3.8, 4) is 0 Å². The third kappa shape index (κ3) is 8.99. The third-order valence-corrected chi connectivity index (χ3v) is 5.26. The maximum atomic E-state index is 4.45. The lowest BCUT2D eigenvalue weighted by Crippen LogP contribution is -2.11. The van der Waals surface area contributed by atoms with E-state index < -0.39 is 0 Å². The van der Waals surface area contributed by atoms with E-state index >= 15 is 0 Å². The van der Waals surface area contributed by atoms with Gasteiger partial charge in [-0.3, -0.25) is 9.97 Å². The van der Waals surface area contributed by atoms with Crippen LogP contribution in [0.25, 0.3) is 0 Å². The van der Waals surface area contributed by atoms with E-state index in [1.54, 1.807) is 0 Å². The van der Waals surface area contributed by atoms with Crippen LogP contribution in [0, 0.1) is 23.7 Å². The molecule has 2 heteroatoms. The van der Waals surface area contributed by atoms with Crippen molar-refractivity contribution in [3.05, 3.63) is 60.2 Å². The second kappa shape index (κ2) is 12.7. The van der Waals surface area contributed by atoms with Gasteiger partial charge in [0.2, 0.25) is 0 Å². The summed E-state index contributed by atoms with van der Waals surface area (Å²) >= 11 is 0. The van der Waals surface area contributed by atoms with Crippen LogP contribution in [0.1, 0.15) is 91.3 Å². The first kappa shape index (κ1) is 24.3. The van der Waals surface area contributed by atoms with Crippen LogP contribution in [-0.2, 0) is 0 Å². The van der Waals surface area contributed by atoms with Crippen molar-refractivity contribution in [1.82, 2.24) is 9.97 Å². The second-order valence-electron chi connectivity index (χ2n) is 9.50. The fraction of sp³-hybridized carbons (Fsp3) is 0.615. The lowest BCUT2D eigenvalue weighted by atomic mass is 9.83. The van der Waals surface area contributed by atoms with E-state index in [0.717, 1.165) is 11.8 Å². The number of hydrogen-bond donors (Lipinski definition) is 0. The highest BCUT2D eigenvalue weighted by atomic mass is 14.7. The van der Waals surface area contributed by atoms with E-state index in [-0.39, 0.29) is 0 Å². The van der Waals surface area contributed by atoms with Crippen LogP contribution in [0.5, 0.6) is 0 Å². The molecule has 2 aromatic rings. The molecule has 0 aliphatic rings. The molecule has 0 saturated carbocycles. The molecule has 156 valence electrons. The van der Waals surface area contributed by atoms with Crippen molar-refractivity contribution in [2.75, 3.05) is 0 Å². The highest BCUT2D eigenvalue weighted by Gasteiger charge is 2.18. The van der Waals surface area contributed by atoms with Crippen molar-refractivity contribution in [1.29, 1.82) is 0 Å². The largest absolute Gasteiger partial charge is 0.265 e. The summed E-state index contributed by atoms with van der Waals surface area (Å²) in [5.41, 5.74) is 2.68. The normalized spacial score (nSPS) is 13.6. The van der Waals surface area contributed by atoms with Crippen LogP contribution in [0.3, 0.4) is 0 Å². The Morgan fingerprint density at radius 2 is 1.18 bits per heavy atom. The molecule has 0 bridgehead atoms. The SMILES string of the molecule is CC(C)CC(c1ccccn1)C(C)C.CC(C)CC(c1ccncc1)C(C)C. The number of nitrogens with zero attached hydrogens (tertiary/aromatic N) is 2. The van der Waals surface area contributed by atoms with Gasteiger partial charge >= 0.3 is 0 Å². The minimum atomic E-state index is 0.608. The Hall–Kier alpha value is -1.70. The molecule has 2 rings (SSSR count). The van der Waals surface area contributed by atoms with E-state index in [9.17, 15) is 0 Å². The predicted molar refractivity (Wildman–Crippen MR) is 123 cm³/mol. The van der Waals surface area contributed by atoms with Crippen molar-refractivity contribution >= 4 is 0 Å². The average molecular weight is 383 g/mol. The van der Waals surface area contributed by atoms with Crippen LogP contribution in [0.4, 0.5) is 0 Å². The molecule has 0 radical (unpaired) electrons. The molecule has 2 nitrogen and oxygen atoms in total. The first-order valence-electron chi connectivity index (χ1n) is 11.0. The van der Waals surface area contributed by atoms with Gasteiger partial charge in [0, 0.05) is 30.2 Å². The smallest absolute Gasteiger partial charge is 0.0437 e. The summed E-state index contributed by atoms with van der Waals surface area (Å²) in [7, 11) is 0. The molecule has 2 aromatic heterocycles. The lowest BCUT2D eigenvalue weighted by Gasteiger charge is -2.23.